The number of benzene rings is 1. The molecular weight excluding hydrogens is 346 g/mol. The second-order valence-corrected chi connectivity index (χ2v) is 5.76. The molecule has 1 aromatic rings. The lowest BCUT2D eigenvalue weighted by Gasteiger charge is -2.36. The number of hydrogen-bond donors (Lipinski definition) is 1. The Bertz CT molecular complexity index is 537. The lowest BCUT2D eigenvalue weighted by Crippen LogP contribution is -2.46. The van der Waals surface area contributed by atoms with Gasteiger partial charge >= 0.3 is 12.4 Å². The van der Waals surface area contributed by atoms with E-state index in [0.717, 1.165) is 18.2 Å². The van der Waals surface area contributed by atoms with E-state index in [9.17, 15) is 26.3 Å². The molecule has 1 aliphatic rings. The van der Waals surface area contributed by atoms with Crippen LogP contribution >= 0.6 is 11.6 Å². The average molecular weight is 361 g/mol. The summed E-state index contributed by atoms with van der Waals surface area (Å²) in [7, 11) is 0. The minimum absolute atomic E-state index is 0.0919. The summed E-state index contributed by atoms with van der Waals surface area (Å²) in [6.45, 7) is 1.58. The van der Waals surface area contributed by atoms with Crippen molar-refractivity contribution in [1.82, 2.24) is 10.2 Å². The second-order valence-electron chi connectivity index (χ2n) is 5.36. The van der Waals surface area contributed by atoms with Gasteiger partial charge in [0, 0.05) is 37.2 Å². The van der Waals surface area contributed by atoms with Crippen molar-refractivity contribution in [3.8, 4) is 0 Å². The van der Waals surface area contributed by atoms with Crippen LogP contribution in [-0.2, 0) is 6.18 Å². The smallest absolute Gasteiger partial charge is 0.314 e. The highest BCUT2D eigenvalue weighted by molar-refractivity contribution is 6.31. The molecule has 0 unspecified atom stereocenters. The molecule has 0 bridgehead atoms. The molecule has 9 heteroatoms. The summed E-state index contributed by atoms with van der Waals surface area (Å²) in [4.78, 5) is 1.52. The van der Waals surface area contributed by atoms with E-state index in [2.05, 4.69) is 5.32 Å². The fraction of sp³-hybridized carbons (Fsp3) is 0.571. The number of alkyl halides is 6. The molecule has 23 heavy (non-hydrogen) atoms. The zero-order chi connectivity index (χ0) is 17.3. The molecule has 1 fully saturated rings. The number of halogens is 7. The number of hydrogen-bond acceptors (Lipinski definition) is 2. The Morgan fingerprint density at radius 1 is 1.09 bits per heavy atom. The highest BCUT2D eigenvalue weighted by atomic mass is 35.5. The summed E-state index contributed by atoms with van der Waals surface area (Å²) >= 11 is 5.91. The first-order chi connectivity index (χ1) is 10.6. The first-order valence-electron chi connectivity index (χ1n) is 6.96. The van der Waals surface area contributed by atoms with Gasteiger partial charge in [-0.3, -0.25) is 4.90 Å². The molecule has 0 saturated carbocycles. The molecule has 1 N–H and O–H groups in total. The van der Waals surface area contributed by atoms with Crippen molar-refractivity contribution in [1.29, 1.82) is 0 Å². The molecular formula is C14H15ClF6N2. The third kappa shape index (κ3) is 4.99. The SMILES string of the molecule is FC(F)(F)C[C@H](c1cc(C(F)(F)F)ccc1Cl)N1CCNCC1. The molecule has 0 spiro atoms. The molecule has 1 aromatic carbocycles. The van der Waals surface area contributed by atoms with Gasteiger partial charge in [0.05, 0.1) is 12.0 Å². The summed E-state index contributed by atoms with van der Waals surface area (Å²) in [6.07, 6.45) is -10.4. The van der Waals surface area contributed by atoms with Crippen molar-refractivity contribution in [2.24, 2.45) is 0 Å². The lowest BCUT2D eigenvalue weighted by molar-refractivity contribution is -0.148. The van der Waals surface area contributed by atoms with Gasteiger partial charge in [0.1, 0.15) is 0 Å². The van der Waals surface area contributed by atoms with Crippen molar-refractivity contribution in [3.63, 3.8) is 0 Å². The van der Waals surface area contributed by atoms with Crippen LogP contribution in [0, 0.1) is 0 Å². The minimum Gasteiger partial charge on any atom is -0.314 e. The molecule has 1 aliphatic heterocycles. The van der Waals surface area contributed by atoms with Gasteiger partial charge in [-0.15, -0.1) is 0 Å². The van der Waals surface area contributed by atoms with Crippen molar-refractivity contribution in [2.45, 2.75) is 24.8 Å². The van der Waals surface area contributed by atoms with Crippen LogP contribution in [0.25, 0.3) is 0 Å². The number of rotatable bonds is 3. The number of nitrogens with zero attached hydrogens (tertiary/aromatic N) is 1. The van der Waals surface area contributed by atoms with E-state index in [-0.39, 0.29) is 10.6 Å². The molecule has 1 atom stereocenters. The van der Waals surface area contributed by atoms with E-state index in [1.807, 2.05) is 0 Å². The molecule has 1 saturated heterocycles. The van der Waals surface area contributed by atoms with E-state index >= 15 is 0 Å². The quantitative estimate of drug-likeness (QED) is 0.810. The molecule has 0 aliphatic carbocycles. The Labute approximate surface area is 134 Å². The van der Waals surface area contributed by atoms with Crippen molar-refractivity contribution in [2.75, 3.05) is 26.2 Å². The van der Waals surface area contributed by atoms with Crippen LogP contribution in [0.2, 0.25) is 5.02 Å². The largest absolute Gasteiger partial charge is 0.416 e. The van der Waals surface area contributed by atoms with Gasteiger partial charge in [0.15, 0.2) is 0 Å². The normalized spacial score (nSPS) is 18.9. The first kappa shape index (κ1) is 18.4. The van der Waals surface area contributed by atoms with Crippen LogP contribution in [0.15, 0.2) is 18.2 Å². The monoisotopic (exact) mass is 360 g/mol. The third-order valence-corrected chi connectivity index (χ3v) is 4.04. The van der Waals surface area contributed by atoms with Gasteiger partial charge in [0.25, 0.3) is 0 Å². The molecule has 1 heterocycles. The van der Waals surface area contributed by atoms with Crippen LogP contribution in [0.1, 0.15) is 23.6 Å². The Balaban J connectivity index is 2.41. The van der Waals surface area contributed by atoms with Crippen molar-refractivity contribution < 1.29 is 26.3 Å². The molecule has 2 rings (SSSR count). The van der Waals surface area contributed by atoms with E-state index < -0.39 is 30.4 Å². The van der Waals surface area contributed by atoms with E-state index in [4.69, 9.17) is 11.6 Å². The maximum atomic E-state index is 12.9. The molecule has 0 amide bonds. The predicted molar refractivity (Wildman–Crippen MR) is 74.3 cm³/mol. The van der Waals surface area contributed by atoms with Gasteiger partial charge in [-0.2, -0.15) is 26.3 Å². The van der Waals surface area contributed by atoms with E-state index in [1.54, 1.807) is 0 Å². The van der Waals surface area contributed by atoms with Gasteiger partial charge in [0.2, 0.25) is 0 Å². The molecule has 2 nitrogen and oxygen atoms in total. The highest BCUT2D eigenvalue weighted by Crippen LogP contribution is 2.40. The Kier molecular flexibility index (Phi) is 5.48. The van der Waals surface area contributed by atoms with E-state index in [0.29, 0.717) is 26.2 Å². The first-order valence-corrected chi connectivity index (χ1v) is 7.34. The zero-order valence-electron chi connectivity index (χ0n) is 11.9. The van der Waals surface area contributed by atoms with Crippen LogP contribution in [0.5, 0.6) is 0 Å². The van der Waals surface area contributed by atoms with Crippen LogP contribution in [-0.4, -0.2) is 37.3 Å². The molecule has 130 valence electrons. The van der Waals surface area contributed by atoms with Crippen LogP contribution < -0.4 is 5.32 Å². The summed E-state index contributed by atoms with van der Waals surface area (Å²) in [6, 6.07) is 1.27. The Hall–Kier alpha value is -0.990. The standard InChI is InChI=1S/C14H15ClF6N2/c15-11-2-1-9(14(19,20)21)7-10(11)12(8-13(16,17)18)23-5-3-22-4-6-23/h1-2,7,12,22H,3-6,8H2/t12-/m1/s1. The fourth-order valence-electron chi connectivity index (χ4n) is 2.62. The summed E-state index contributed by atoms with van der Waals surface area (Å²) in [5.41, 5.74) is -1.14. The van der Waals surface area contributed by atoms with Gasteiger partial charge in [-0.1, -0.05) is 11.6 Å². The number of nitrogens with one attached hydrogen (secondary N) is 1. The van der Waals surface area contributed by atoms with Crippen LogP contribution in [0.3, 0.4) is 0 Å². The van der Waals surface area contributed by atoms with Gasteiger partial charge in [-0.05, 0) is 23.8 Å². The Morgan fingerprint density at radius 2 is 1.70 bits per heavy atom. The zero-order valence-corrected chi connectivity index (χ0v) is 12.7. The lowest BCUT2D eigenvalue weighted by atomic mass is 9.98. The maximum absolute atomic E-state index is 12.9. The predicted octanol–water partition coefficient (Wildman–Crippen LogP) is 4.26. The van der Waals surface area contributed by atoms with Crippen molar-refractivity contribution >= 4 is 11.6 Å². The average Bonchev–Trinajstić information content (AvgIpc) is 2.44. The topological polar surface area (TPSA) is 15.3 Å². The second kappa shape index (κ2) is 6.86. The molecule has 0 radical (unpaired) electrons. The third-order valence-electron chi connectivity index (χ3n) is 3.70. The summed E-state index contributed by atoms with van der Waals surface area (Å²) in [5, 5.41) is 2.91. The van der Waals surface area contributed by atoms with Gasteiger partial charge in [-0.25, -0.2) is 0 Å². The fourth-order valence-corrected chi connectivity index (χ4v) is 2.87. The Morgan fingerprint density at radius 3 is 2.22 bits per heavy atom. The minimum atomic E-state index is -4.63. The van der Waals surface area contributed by atoms with Gasteiger partial charge < -0.3 is 5.32 Å². The molecule has 0 aromatic heterocycles. The summed E-state index contributed by atoms with van der Waals surface area (Å²) in [5.74, 6) is 0. The number of piperazine rings is 1. The summed E-state index contributed by atoms with van der Waals surface area (Å²) < 4.78 is 77.3. The highest BCUT2D eigenvalue weighted by Gasteiger charge is 2.38. The van der Waals surface area contributed by atoms with Crippen molar-refractivity contribution in [3.05, 3.63) is 34.3 Å². The van der Waals surface area contributed by atoms with E-state index in [1.165, 1.54) is 4.90 Å². The van der Waals surface area contributed by atoms with Crippen LogP contribution in [0.4, 0.5) is 26.3 Å². The maximum Gasteiger partial charge on any atom is 0.416 e.